The van der Waals surface area contributed by atoms with E-state index in [9.17, 15) is 4.79 Å². The van der Waals surface area contributed by atoms with Gasteiger partial charge in [0.05, 0.1) is 18.4 Å². The third-order valence-electron chi connectivity index (χ3n) is 3.93. The molecule has 0 unspecified atom stereocenters. The van der Waals surface area contributed by atoms with Gasteiger partial charge in [0.25, 0.3) is 5.91 Å². The van der Waals surface area contributed by atoms with Crippen LogP contribution < -0.4 is 15.4 Å². The maximum absolute atomic E-state index is 12.4. The Labute approximate surface area is 153 Å². The van der Waals surface area contributed by atoms with E-state index in [-0.39, 0.29) is 5.91 Å². The lowest BCUT2D eigenvalue weighted by atomic mass is 10.1. The molecule has 1 amide bonds. The van der Waals surface area contributed by atoms with Crippen molar-refractivity contribution in [2.45, 2.75) is 13.5 Å². The Bertz CT molecular complexity index is 892. The van der Waals surface area contributed by atoms with E-state index in [0.717, 1.165) is 11.4 Å². The summed E-state index contributed by atoms with van der Waals surface area (Å²) >= 11 is 0. The highest BCUT2D eigenvalue weighted by Crippen LogP contribution is 2.17. The molecule has 0 spiro atoms. The van der Waals surface area contributed by atoms with E-state index in [1.165, 1.54) is 11.1 Å². The Hall–Kier alpha value is -3.34. The van der Waals surface area contributed by atoms with Crippen molar-refractivity contribution >= 4 is 17.3 Å². The molecular weight excluding hydrogens is 326 g/mol. The lowest BCUT2D eigenvalue weighted by Crippen LogP contribution is -2.12. The topological polar surface area (TPSA) is 63.2 Å². The molecule has 1 heterocycles. The van der Waals surface area contributed by atoms with Crippen LogP contribution in [0.2, 0.25) is 0 Å². The van der Waals surface area contributed by atoms with Gasteiger partial charge in [-0.1, -0.05) is 29.8 Å². The van der Waals surface area contributed by atoms with Gasteiger partial charge < -0.3 is 15.4 Å². The van der Waals surface area contributed by atoms with E-state index < -0.39 is 0 Å². The molecule has 5 heteroatoms. The summed E-state index contributed by atoms with van der Waals surface area (Å²) in [5, 5.41) is 6.16. The van der Waals surface area contributed by atoms with Crippen molar-refractivity contribution in [2.24, 2.45) is 0 Å². The van der Waals surface area contributed by atoms with Gasteiger partial charge in [0.2, 0.25) is 0 Å². The number of rotatable bonds is 6. The predicted octanol–water partition coefficient (Wildman–Crippen LogP) is 4.26. The number of hydrogen-bond donors (Lipinski definition) is 2. The summed E-state index contributed by atoms with van der Waals surface area (Å²) in [5.74, 6) is 0.536. The Balaban J connectivity index is 1.64. The Morgan fingerprint density at radius 1 is 1.04 bits per heavy atom. The molecular formula is C21H21N3O2. The minimum atomic E-state index is -0.207. The smallest absolute Gasteiger partial charge is 0.257 e. The van der Waals surface area contributed by atoms with E-state index in [0.29, 0.717) is 17.8 Å². The number of benzene rings is 2. The minimum absolute atomic E-state index is 0.207. The maximum Gasteiger partial charge on any atom is 0.257 e. The van der Waals surface area contributed by atoms with Gasteiger partial charge in [0.15, 0.2) is 0 Å². The third-order valence-corrected chi connectivity index (χ3v) is 3.93. The second kappa shape index (κ2) is 8.16. The summed E-state index contributed by atoms with van der Waals surface area (Å²) in [5.41, 5.74) is 4.39. The number of nitrogens with zero attached hydrogens (tertiary/aromatic N) is 1. The Morgan fingerprint density at radius 3 is 2.58 bits per heavy atom. The standard InChI is InChI=1S/C21H21N3O2/c1-15-4-3-5-16(10-15)12-23-19-11-17(13-22-14-19)21(25)24-18-6-8-20(26-2)9-7-18/h3-11,13-14,23H,12H2,1-2H3,(H,24,25). The first kappa shape index (κ1) is 17.5. The summed E-state index contributed by atoms with van der Waals surface area (Å²) in [6.45, 7) is 2.74. The predicted molar refractivity (Wildman–Crippen MR) is 104 cm³/mol. The fourth-order valence-electron chi connectivity index (χ4n) is 2.56. The molecule has 2 N–H and O–H groups in total. The van der Waals surface area contributed by atoms with Gasteiger partial charge in [-0.05, 0) is 42.8 Å². The summed E-state index contributed by atoms with van der Waals surface area (Å²) in [6, 6.07) is 17.3. The number of amides is 1. The lowest BCUT2D eigenvalue weighted by molar-refractivity contribution is 0.102. The third kappa shape index (κ3) is 4.60. The van der Waals surface area contributed by atoms with Gasteiger partial charge in [0, 0.05) is 24.6 Å². The average Bonchev–Trinajstić information content (AvgIpc) is 2.67. The highest BCUT2D eigenvalue weighted by atomic mass is 16.5. The molecule has 3 aromatic rings. The highest BCUT2D eigenvalue weighted by Gasteiger charge is 2.08. The van der Waals surface area contributed by atoms with Crippen molar-refractivity contribution in [2.75, 3.05) is 17.7 Å². The fraction of sp³-hybridized carbons (Fsp3) is 0.143. The van der Waals surface area contributed by atoms with Crippen molar-refractivity contribution in [1.29, 1.82) is 0 Å². The molecule has 0 aliphatic heterocycles. The molecule has 0 saturated heterocycles. The number of pyridine rings is 1. The zero-order valence-electron chi connectivity index (χ0n) is 14.8. The molecule has 0 aliphatic rings. The van der Waals surface area contributed by atoms with Gasteiger partial charge in [-0.3, -0.25) is 9.78 Å². The molecule has 2 aromatic carbocycles. The van der Waals surface area contributed by atoms with Gasteiger partial charge in [-0.25, -0.2) is 0 Å². The van der Waals surface area contributed by atoms with Crippen LogP contribution in [0.15, 0.2) is 67.0 Å². The van der Waals surface area contributed by atoms with Crippen LogP contribution in [-0.4, -0.2) is 18.0 Å². The lowest BCUT2D eigenvalue weighted by Gasteiger charge is -2.09. The highest BCUT2D eigenvalue weighted by molar-refractivity contribution is 6.04. The fourth-order valence-corrected chi connectivity index (χ4v) is 2.56. The molecule has 0 fully saturated rings. The molecule has 132 valence electrons. The van der Waals surface area contributed by atoms with Gasteiger partial charge in [0.1, 0.15) is 5.75 Å². The number of ether oxygens (including phenoxy) is 1. The normalized spacial score (nSPS) is 10.2. The van der Waals surface area contributed by atoms with Crippen molar-refractivity contribution in [1.82, 2.24) is 4.98 Å². The average molecular weight is 347 g/mol. The number of aryl methyl sites for hydroxylation is 1. The Morgan fingerprint density at radius 2 is 1.85 bits per heavy atom. The van der Waals surface area contributed by atoms with Crippen molar-refractivity contribution in [3.8, 4) is 5.75 Å². The second-order valence-corrected chi connectivity index (χ2v) is 5.99. The van der Waals surface area contributed by atoms with Crippen LogP contribution in [-0.2, 0) is 6.54 Å². The number of aromatic nitrogens is 1. The molecule has 0 aliphatic carbocycles. The molecule has 5 nitrogen and oxygen atoms in total. The quantitative estimate of drug-likeness (QED) is 0.699. The van der Waals surface area contributed by atoms with Crippen LogP contribution in [0.1, 0.15) is 21.5 Å². The van der Waals surface area contributed by atoms with E-state index >= 15 is 0 Å². The van der Waals surface area contributed by atoms with Crippen molar-refractivity contribution < 1.29 is 9.53 Å². The van der Waals surface area contributed by atoms with Crippen molar-refractivity contribution in [3.63, 3.8) is 0 Å². The molecule has 1 aromatic heterocycles. The zero-order chi connectivity index (χ0) is 18.4. The van der Waals surface area contributed by atoms with Crippen LogP contribution in [0.3, 0.4) is 0 Å². The van der Waals surface area contributed by atoms with Gasteiger partial charge in [-0.15, -0.1) is 0 Å². The van der Waals surface area contributed by atoms with E-state index in [1.54, 1.807) is 49.8 Å². The number of methoxy groups -OCH3 is 1. The summed E-state index contributed by atoms with van der Waals surface area (Å²) in [7, 11) is 1.61. The number of carbonyl (C=O) groups excluding carboxylic acids is 1. The first-order valence-electron chi connectivity index (χ1n) is 8.34. The van der Waals surface area contributed by atoms with Gasteiger partial charge in [-0.2, -0.15) is 0 Å². The SMILES string of the molecule is COc1ccc(NC(=O)c2cncc(NCc3cccc(C)c3)c2)cc1. The number of nitrogens with one attached hydrogen (secondary N) is 2. The van der Waals surface area contributed by atoms with E-state index in [2.05, 4.69) is 40.7 Å². The number of hydrogen-bond acceptors (Lipinski definition) is 4. The van der Waals surface area contributed by atoms with E-state index in [4.69, 9.17) is 4.74 Å². The largest absolute Gasteiger partial charge is 0.497 e. The first-order chi connectivity index (χ1) is 12.6. The van der Waals surface area contributed by atoms with Gasteiger partial charge >= 0.3 is 0 Å². The summed E-state index contributed by atoms with van der Waals surface area (Å²) in [4.78, 5) is 16.6. The van der Waals surface area contributed by atoms with E-state index in [1.807, 2.05) is 6.07 Å². The zero-order valence-corrected chi connectivity index (χ0v) is 14.8. The molecule has 0 atom stereocenters. The number of carbonyl (C=O) groups is 1. The Kier molecular flexibility index (Phi) is 5.49. The molecule has 26 heavy (non-hydrogen) atoms. The van der Waals surface area contributed by atoms with Crippen molar-refractivity contribution in [3.05, 3.63) is 83.7 Å². The molecule has 0 bridgehead atoms. The molecule has 0 radical (unpaired) electrons. The monoisotopic (exact) mass is 347 g/mol. The van der Waals surface area contributed by atoms with Crippen LogP contribution in [0.5, 0.6) is 5.75 Å². The first-order valence-corrected chi connectivity index (χ1v) is 8.34. The number of anilines is 2. The molecule has 3 rings (SSSR count). The maximum atomic E-state index is 12.4. The van der Waals surface area contributed by atoms with Crippen LogP contribution in [0.25, 0.3) is 0 Å². The van der Waals surface area contributed by atoms with Crippen LogP contribution in [0, 0.1) is 6.92 Å². The minimum Gasteiger partial charge on any atom is -0.497 e. The van der Waals surface area contributed by atoms with Crippen LogP contribution in [0.4, 0.5) is 11.4 Å². The van der Waals surface area contributed by atoms with Crippen LogP contribution >= 0.6 is 0 Å². The molecule has 0 saturated carbocycles. The second-order valence-electron chi connectivity index (χ2n) is 5.99. The summed E-state index contributed by atoms with van der Waals surface area (Å²) in [6.07, 6.45) is 3.26. The summed E-state index contributed by atoms with van der Waals surface area (Å²) < 4.78 is 5.11.